The van der Waals surface area contributed by atoms with Gasteiger partial charge in [0.05, 0.1) is 18.1 Å². The van der Waals surface area contributed by atoms with Crippen molar-refractivity contribution >= 4 is 24.1 Å². The smallest absolute Gasteiger partial charge is 0.315 e. The van der Waals surface area contributed by atoms with Gasteiger partial charge in [0.1, 0.15) is 5.75 Å². The van der Waals surface area contributed by atoms with E-state index in [1.807, 2.05) is 30.3 Å². The molecule has 6 aliphatic rings. The molecule has 190 valence electrons. The van der Waals surface area contributed by atoms with Crippen molar-refractivity contribution in [2.45, 2.75) is 95.7 Å². The van der Waals surface area contributed by atoms with Gasteiger partial charge in [-0.2, -0.15) is 4.28 Å². The van der Waals surface area contributed by atoms with Gasteiger partial charge < -0.3 is 20.2 Å². The van der Waals surface area contributed by atoms with Crippen LogP contribution in [0, 0.1) is 16.7 Å². The third-order valence-electron chi connectivity index (χ3n) is 8.78. The molecule has 1 saturated heterocycles. The first-order valence-corrected chi connectivity index (χ1v) is 13.8. The molecular formula is C27H37N3O4S. The van der Waals surface area contributed by atoms with E-state index < -0.39 is 0 Å². The number of benzene rings is 1. The Morgan fingerprint density at radius 2 is 1.77 bits per heavy atom. The van der Waals surface area contributed by atoms with Gasteiger partial charge in [0.25, 0.3) is 0 Å². The summed E-state index contributed by atoms with van der Waals surface area (Å²) in [7, 11) is 0. The number of urea groups is 1. The first-order valence-electron chi connectivity index (χ1n) is 13.1. The minimum absolute atomic E-state index is 0.00151. The van der Waals surface area contributed by atoms with Crippen LogP contribution in [0.4, 0.5) is 4.79 Å². The Kier molecular flexibility index (Phi) is 5.97. The van der Waals surface area contributed by atoms with Gasteiger partial charge in [-0.05, 0) is 110 Å². The number of carbonyl (C=O) groups is 1. The molecular weight excluding hydrogens is 462 g/mol. The van der Waals surface area contributed by atoms with E-state index in [1.54, 1.807) is 0 Å². The van der Waals surface area contributed by atoms with E-state index in [4.69, 9.17) is 13.9 Å². The molecule has 3 N–H and O–H groups in total. The molecule has 2 amide bonds. The Balaban J connectivity index is 0.974. The number of hydrogen-bond donors (Lipinski definition) is 3. The number of amides is 2. The largest absolute Gasteiger partial charge is 0.490 e. The van der Waals surface area contributed by atoms with Gasteiger partial charge in [-0.25, -0.2) is 4.79 Å². The Bertz CT molecular complexity index is 965. The van der Waals surface area contributed by atoms with Gasteiger partial charge in [-0.15, -0.1) is 0 Å². The first kappa shape index (κ1) is 23.5. The van der Waals surface area contributed by atoms with Crippen molar-refractivity contribution in [3.8, 4) is 5.75 Å². The molecule has 6 fully saturated rings. The third kappa shape index (κ3) is 5.16. The van der Waals surface area contributed by atoms with Crippen LogP contribution in [0.1, 0.15) is 83.6 Å². The molecule has 1 aliphatic heterocycles. The summed E-state index contributed by atoms with van der Waals surface area (Å²) in [6, 6.07) is 8.26. The highest BCUT2D eigenvalue weighted by Crippen LogP contribution is 2.66. The minimum atomic E-state index is 0.00151. The van der Waals surface area contributed by atoms with Crippen LogP contribution < -0.4 is 21.0 Å². The summed E-state index contributed by atoms with van der Waals surface area (Å²) in [6.45, 7) is 4.90. The van der Waals surface area contributed by atoms with E-state index in [2.05, 4.69) is 30.1 Å². The number of rotatable bonds is 5. The average Bonchev–Trinajstić information content (AvgIpc) is 3.26. The third-order valence-corrected chi connectivity index (χ3v) is 9.30. The molecule has 7 rings (SSSR count). The fraction of sp³-hybridized carbons (Fsp3) is 0.667. The molecule has 8 heteroatoms. The standard InChI is InChI=1S/C27H37N3O4S/c1-25-12-19-13-26(2,15-25)17-27(14-19,16-25)29-24(31)28-20-5-9-22(10-6-20)32-21-7-3-18(4-8-21)11-23-33-30-34-35-23/h3-4,7-8,11,19-20,22,30H,5-6,9-10,12-17H2,1-2H3,(H2,28,29,31)/b23-11+/t19?,20?,22?,25-,26+,27?. The molecule has 4 atom stereocenters. The van der Waals surface area contributed by atoms with Crippen LogP contribution in [0.2, 0.25) is 0 Å². The van der Waals surface area contributed by atoms with Crippen molar-refractivity contribution in [2.24, 2.45) is 16.7 Å². The fourth-order valence-corrected chi connectivity index (χ4v) is 8.93. The molecule has 1 aromatic rings. The zero-order valence-electron chi connectivity index (χ0n) is 20.7. The Morgan fingerprint density at radius 1 is 1.06 bits per heavy atom. The normalized spacial score (nSPS) is 41.0. The maximum atomic E-state index is 13.1. The summed E-state index contributed by atoms with van der Waals surface area (Å²) in [5.41, 5.74) is 4.18. The summed E-state index contributed by atoms with van der Waals surface area (Å²) < 4.78 is 11.1. The monoisotopic (exact) mass is 499 g/mol. The molecule has 5 aliphatic carbocycles. The van der Waals surface area contributed by atoms with E-state index in [-0.39, 0.29) is 23.7 Å². The average molecular weight is 500 g/mol. The number of carbonyl (C=O) groups excluding carboxylic acids is 1. The van der Waals surface area contributed by atoms with Crippen LogP contribution in [-0.2, 0) is 9.12 Å². The van der Waals surface area contributed by atoms with Crippen LogP contribution in [0.5, 0.6) is 5.75 Å². The predicted molar refractivity (Wildman–Crippen MR) is 136 cm³/mol. The predicted octanol–water partition coefficient (Wildman–Crippen LogP) is 5.84. The highest BCUT2D eigenvalue weighted by Gasteiger charge is 2.60. The molecule has 1 heterocycles. The van der Waals surface area contributed by atoms with Gasteiger partial charge in [-0.3, -0.25) is 0 Å². The Labute approximate surface area is 212 Å². The second-order valence-electron chi connectivity index (χ2n) is 12.5. The lowest BCUT2D eigenvalue weighted by atomic mass is 9.43. The van der Waals surface area contributed by atoms with Crippen molar-refractivity contribution in [1.82, 2.24) is 16.3 Å². The summed E-state index contributed by atoms with van der Waals surface area (Å²) in [5, 5.41) is 7.47. The summed E-state index contributed by atoms with van der Waals surface area (Å²) in [6.07, 6.45) is 13.4. The topological polar surface area (TPSA) is 80.9 Å². The van der Waals surface area contributed by atoms with Crippen molar-refractivity contribution in [2.75, 3.05) is 0 Å². The van der Waals surface area contributed by atoms with E-state index in [0.717, 1.165) is 67.8 Å². The Hall–Kier alpha value is -1.90. The van der Waals surface area contributed by atoms with Crippen molar-refractivity contribution in [3.63, 3.8) is 0 Å². The zero-order valence-corrected chi connectivity index (χ0v) is 21.5. The molecule has 5 saturated carbocycles. The molecule has 0 radical (unpaired) electrons. The number of hydrogen-bond acceptors (Lipinski definition) is 6. The number of nitrogens with one attached hydrogen (secondary N) is 3. The van der Waals surface area contributed by atoms with Crippen LogP contribution in [0.25, 0.3) is 6.08 Å². The Morgan fingerprint density at radius 3 is 2.40 bits per heavy atom. The van der Waals surface area contributed by atoms with E-state index in [0.29, 0.717) is 15.9 Å². The highest BCUT2D eigenvalue weighted by atomic mass is 32.2. The van der Waals surface area contributed by atoms with Crippen LogP contribution >= 0.6 is 12.0 Å². The van der Waals surface area contributed by atoms with Gasteiger partial charge in [0, 0.05) is 11.6 Å². The number of ether oxygens (including phenoxy) is 1. The molecule has 0 spiro atoms. The van der Waals surface area contributed by atoms with E-state index >= 15 is 0 Å². The maximum Gasteiger partial charge on any atom is 0.315 e. The molecule has 0 aromatic heterocycles. The molecule has 1 aromatic carbocycles. The maximum absolute atomic E-state index is 13.1. The highest BCUT2D eigenvalue weighted by molar-refractivity contribution is 7.98. The van der Waals surface area contributed by atoms with Crippen molar-refractivity contribution in [3.05, 3.63) is 34.9 Å². The zero-order chi connectivity index (χ0) is 24.1. The van der Waals surface area contributed by atoms with Crippen molar-refractivity contribution < 1.29 is 18.7 Å². The minimum Gasteiger partial charge on any atom is -0.490 e. The first-order chi connectivity index (χ1) is 16.8. The summed E-state index contributed by atoms with van der Waals surface area (Å²) in [5.74, 6) is 1.65. The lowest BCUT2D eigenvalue weighted by Crippen LogP contribution is -2.66. The molecule has 7 nitrogen and oxygen atoms in total. The second kappa shape index (κ2) is 8.89. The van der Waals surface area contributed by atoms with Gasteiger partial charge in [0.2, 0.25) is 5.09 Å². The SMILES string of the molecule is C[C@]12CC3CC(NC(=O)NC4CCC(Oc5ccc(/C=C6\ONOS6)cc5)CC4)(C1)C[C@@](C)(C3)C2. The van der Waals surface area contributed by atoms with Gasteiger partial charge >= 0.3 is 6.03 Å². The summed E-state index contributed by atoms with van der Waals surface area (Å²) >= 11 is 1.15. The van der Waals surface area contributed by atoms with Crippen molar-refractivity contribution in [1.29, 1.82) is 0 Å². The summed E-state index contributed by atoms with van der Waals surface area (Å²) in [4.78, 5) is 18.2. The quantitative estimate of drug-likeness (QED) is 0.442. The lowest BCUT2D eigenvalue weighted by Gasteiger charge is -2.65. The van der Waals surface area contributed by atoms with Gasteiger partial charge in [0.15, 0.2) is 0 Å². The molecule has 4 bridgehead atoms. The molecule has 35 heavy (non-hydrogen) atoms. The lowest BCUT2D eigenvalue weighted by molar-refractivity contribution is -0.113. The van der Waals surface area contributed by atoms with Gasteiger partial charge in [-0.1, -0.05) is 26.0 Å². The van der Waals surface area contributed by atoms with Crippen LogP contribution in [0.3, 0.4) is 0 Å². The van der Waals surface area contributed by atoms with E-state index in [1.165, 1.54) is 25.7 Å². The molecule has 2 unspecified atom stereocenters. The van der Waals surface area contributed by atoms with Crippen LogP contribution in [-0.4, -0.2) is 23.7 Å². The van der Waals surface area contributed by atoms with E-state index in [9.17, 15) is 4.79 Å². The second-order valence-corrected chi connectivity index (χ2v) is 13.2. The fourth-order valence-electron chi connectivity index (χ4n) is 8.53. The van der Waals surface area contributed by atoms with Crippen LogP contribution in [0.15, 0.2) is 29.4 Å².